The van der Waals surface area contributed by atoms with Crippen molar-refractivity contribution in [1.29, 1.82) is 0 Å². The van der Waals surface area contributed by atoms with Gasteiger partial charge in [-0.25, -0.2) is 0 Å². The van der Waals surface area contributed by atoms with Crippen LogP contribution < -0.4 is 3.32 Å². The molecule has 152 valence electrons. The quantitative estimate of drug-likeness (QED) is 0.411. The molecule has 0 fully saturated rings. The number of hydrogen-bond acceptors (Lipinski definition) is 1. The fourth-order valence-corrected chi connectivity index (χ4v) is 6.86. The minimum absolute atomic E-state index is 0. The van der Waals surface area contributed by atoms with Crippen LogP contribution in [0.25, 0.3) is 0 Å². The van der Waals surface area contributed by atoms with Crippen LogP contribution in [0.5, 0.6) is 5.75 Å². The van der Waals surface area contributed by atoms with E-state index in [2.05, 4.69) is 73.6 Å². The van der Waals surface area contributed by atoms with E-state index < -0.39 is 17.8 Å². The van der Waals surface area contributed by atoms with Crippen LogP contribution in [0.3, 0.4) is 0 Å². The largest absolute Gasteiger partial charge is 0.147 e. The molecular formula is C22H33Cl3OTi. The predicted molar refractivity (Wildman–Crippen MR) is 122 cm³/mol. The Morgan fingerprint density at radius 2 is 1.56 bits per heavy atom. The van der Waals surface area contributed by atoms with Crippen molar-refractivity contribution in [3.63, 3.8) is 0 Å². The first kappa shape index (κ1) is 27.0. The van der Waals surface area contributed by atoms with E-state index in [-0.39, 0.29) is 35.6 Å². The summed E-state index contributed by atoms with van der Waals surface area (Å²) in [6.45, 7) is 17.9. The minimum Gasteiger partial charge on any atom is -0.147 e. The van der Waals surface area contributed by atoms with E-state index in [1.54, 1.807) is 0 Å². The third kappa shape index (κ3) is 7.05. The molecule has 0 atom stereocenters. The van der Waals surface area contributed by atoms with Gasteiger partial charge in [0, 0.05) is 0 Å². The molecule has 1 aliphatic rings. The summed E-state index contributed by atoms with van der Waals surface area (Å²) in [5.41, 5.74) is 2.89. The standard InChI is InChI=1S/C10H13ClO.C9H13.C3H6.2ClH.Ti/c1-10(2,3)7-4-8(11)6-9(12)5-7;1-9(2,3)8-6-4-5-7-8;1-3-2;;;/h4-6,12H,1-3H3;4,6H,5H2,1-3H3;1-2H3;2*1H;/q;;;;;+1/p-1. The van der Waals surface area contributed by atoms with Crippen molar-refractivity contribution in [3.05, 3.63) is 50.4 Å². The molecule has 0 unspecified atom stereocenters. The normalized spacial score (nSPS) is 13.8. The van der Waals surface area contributed by atoms with E-state index in [1.165, 1.54) is 18.8 Å². The molecule has 2 rings (SSSR count). The fraction of sp³-hybridized carbons (Fsp3) is 0.500. The predicted octanol–water partition coefficient (Wildman–Crippen LogP) is 7.87. The van der Waals surface area contributed by atoms with Gasteiger partial charge < -0.3 is 0 Å². The van der Waals surface area contributed by atoms with Gasteiger partial charge in [0.15, 0.2) is 0 Å². The Labute approximate surface area is 189 Å². The second-order valence-corrected chi connectivity index (χ2v) is 13.4. The van der Waals surface area contributed by atoms with Gasteiger partial charge in [-0.2, -0.15) is 0 Å². The van der Waals surface area contributed by atoms with E-state index in [9.17, 15) is 0 Å². The Balaban J connectivity index is 0.00000338. The maximum absolute atomic E-state index is 6.65. The number of halogens is 3. The van der Waals surface area contributed by atoms with Crippen molar-refractivity contribution in [1.82, 2.24) is 0 Å². The van der Waals surface area contributed by atoms with Gasteiger partial charge in [-0.05, 0) is 0 Å². The summed E-state index contributed by atoms with van der Waals surface area (Å²) in [7, 11) is 0. The molecule has 1 aromatic rings. The van der Waals surface area contributed by atoms with Crippen LogP contribution in [-0.4, -0.2) is 3.81 Å². The van der Waals surface area contributed by atoms with Crippen molar-refractivity contribution in [2.24, 2.45) is 5.41 Å². The zero-order valence-corrected chi connectivity index (χ0v) is 21.6. The van der Waals surface area contributed by atoms with Gasteiger partial charge in [-0.15, -0.1) is 24.8 Å². The summed E-state index contributed by atoms with van der Waals surface area (Å²) in [4.78, 5) is 0. The van der Waals surface area contributed by atoms with Crippen LogP contribution in [0.1, 0.15) is 67.4 Å². The van der Waals surface area contributed by atoms with Crippen LogP contribution in [-0.2, 0) is 23.2 Å². The van der Waals surface area contributed by atoms with Crippen LogP contribution >= 0.6 is 36.4 Å². The van der Waals surface area contributed by atoms with E-state index in [0.29, 0.717) is 0 Å². The first-order chi connectivity index (χ1) is 11.4. The van der Waals surface area contributed by atoms with E-state index in [1.807, 2.05) is 12.1 Å². The number of allylic oxidation sites excluding steroid dienone is 4. The number of benzene rings is 1. The summed E-state index contributed by atoms with van der Waals surface area (Å²) in [5.74, 6) is 0.918. The molecule has 1 aliphatic carbocycles. The molecule has 5 heteroatoms. The van der Waals surface area contributed by atoms with Crippen LogP contribution in [0.15, 0.2) is 39.8 Å². The first-order valence-corrected chi connectivity index (χ1v) is 11.5. The van der Waals surface area contributed by atoms with Crippen molar-refractivity contribution < 1.29 is 21.1 Å². The van der Waals surface area contributed by atoms with Gasteiger partial charge in [0.1, 0.15) is 0 Å². The van der Waals surface area contributed by atoms with Crippen molar-refractivity contribution in [2.75, 3.05) is 0 Å². The molecule has 1 nitrogen and oxygen atoms in total. The molecule has 0 radical (unpaired) electrons. The summed E-state index contributed by atoms with van der Waals surface area (Å²) in [6.07, 6.45) is 5.61. The summed E-state index contributed by atoms with van der Waals surface area (Å²) in [6, 6.07) is 6.18. The average Bonchev–Trinajstić information content (AvgIpc) is 2.92. The molecule has 0 aliphatic heterocycles. The number of rotatable bonds is 3. The molecule has 0 N–H and O–H groups in total. The van der Waals surface area contributed by atoms with Gasteiger partial charge in [0.2, 0.25) is 0 Å². The Bertz CT molecular complexity index is 759. The van der Waals surface area contributed by atoms with Gasteiger partial charge in [0.05, 0.1) is 0 Å². The van der Waals surface area contributed by atoms with Gasteiger partial charge in [0.25, 0.3) is 0 Å². The van der Waals surface area contributed by atoms with Crippen molar-refractivity contribution in [2.45, 2.75) is 67.2 Å². The van der Waals surface area contributed by atoms with Crippen LogP contribution in [0, 0.1) is 5.41 Å². The van der Waals surface area contributed by atoms with E-state index >= 15 is 0 Å². The molecule has 0 aromatic heterocycles. The van der Waals surface area contributed by atoms with Gasteiger partial charge in [-0.3, -0.25) is 0 Å². The fourth-order valence-electron chi connectivity index (χ4n) is 3.06. The third-order valence-corrected chi connectivity index (χ3v) is 8.34. The molecule has 0 bridgehead atoms. The smallest absolute Gasteiger partial charge is 0.147 e. The second-order valence-electron chi connectivity index (χ2n) is 9.11. The zero-order chi connectivity index (χ0) is 19.0. The van der Waals surface area contributed by atoms with E-state index in [4.69, 9.17) is 14.9 Å². The van der Waals surface area contributed by atoms with Gasteiger partial charge in [-0.1, -0.05) is 0 Å². The van der Waals surface area contributed by atoms with Crippen molar-refractivity contribution >= 4 is 40.2 Å². The molecular weight excluding hydrogens is 434 g/mol. The molecule has 0 saturated heterocycles. The topological polar surface area (TPSA) is 9.23 Å². The van der Waals surface area contributed by atoms with Crippen LogP contribution in [0.2, 0.25) is 5.02 Å². The molecule has 27 heavy (non-hydrogen) atoms. The minimum atomic E-state index is -1.99. The Morgan fingerprint density at radius 1 is 0.963 bits per heavy atom. The Kier molecular flexibility index (Phi) is 10.1. The maximum atomic E-state index is 6.65. The van der Waals surface area contributed by atoms with E-state index in [0.717, 1.165) is 17.2 Å². The van der Waals surface area contributed by atoms with Gasteiger partial charge >= 0.3 is 165 Å². The first-order valence-electron chi connectivity index (χ1n) is 8.96. The summed E-state index contributed by atoms with van der Waals surface area (Å²) >= 11 is 4.39. The Hall–Kier alpha value is -0.0457. The molecule has 0 spiro atoms. The summed E-state index contributed by atoms with van der Waals surface area (Å²) < 4.78 is 9.61. The zero-order valence-electron chi connectivity index (χ0n) is 17.7. The van der Waals surface area contributed by atoms with Crippen molar-refractivity contribution in [3.8, 4) is 5.75 Å². The maximum Gasteiger partial charge on any atom is -0.147 e. The molecule has 1 aromatic carbocycles. The molecule has 0 heterocycles. The Morgan fingerprint density at radius 3 is 2.04 bits per heavy atom. The average molecular weight is 468 g/mol. The monoisotopic (exact) mass is 466 g/mol. The summed E-state index contributed by atoms with van der Waals surface area (Å²) in [5, 5.41) is 0.753. The third-order valence-electron chi connectivity index (χ3n) is 4.43. The SMILES string of the molecule is C[C](C)=[Ti]([O]c1cc(Cl)cc(C(C)(C)C)c1)[C]1=C(C(C)(C)C)C=CC1.Cl.Cl. The number of hydrogen-bond donors (Lipinski definition) is 0. The molecule has 0 saturated carbocycles. The second kappa shape index (κ2) is 10.1. The molecule has 0 amide bonds. The van der Waals surface area contributed by atoms with Crippen LogP contribution in [0.4, 0.5) is 0 Å².